The van der Waals surface area contributed by atoms with Crippen LogP contribution in [-0.4, -0.2) is 11.1 Å². The minimum absolute atomic E-state index is 0.0575. The maximum atomic E-state index is 10.4. The Kier molecular flexibility index (Phi) is 2.56. The normalized spacial score (nSPS) is 10.0. The summed E-state index contributed by atoms with van der Waals surface area (Å²) < 4.78 is 0. The molecule has 3 heteroatoms. The minimum atomic E-state index is -0.816. The summed E-state index contributed by atoms with van der Waals surface area (Å²) in [7, 11) is 0. The molecule has 0 aliphatic heterocycles. The average Bonchev–Trinajstić information content (AvgIpc) is 1.98. The predicted molar refractivity (Wildman–Crippen MR) is 51.7 cm³/mol. The number of hydrogen-bond donors (Lipinski definition) is 2. The molecule has 0 fully saturated rings. The summed E-state index contributed by atoms with van der Waals surface area (Å²) >= 11 is 0. The molecule has 1 aromatic carbocycles. The van der Waals surface area contributed by atoms with Gasteiger partial charge in [-0.3, -0.25) is 4.79 Å². The highest BCUT2D eigenvalue weighted by Crippen LogP contribution is 2.18. The van der Waals surface area contributed by atoms with Crippen LogP contribution in [0.2, 0.25) is 0 Å². The second-order valence-electron chi connectivity index (χ2n) is 3.21. The third-order valence-corrected chi connectivity index (χ3v) is 2.01. The van der Waals surface area contributed by atoms with Gasteiger partial charge in [0.2, 0.25) is 0 Å². The molecule has 0 atom stereocenters. The molecule has 70 valence electrons. The van der Waals surface area contributed by atoms with Gasteiger partial charge in [0.1, 0.15) is 0 Å². The second-order valence-corrected chi connectivity index (χ2v) is 3.21. The first-order chi connectivity index (χ1) is 6.00. The second kappa shape index (κ2) is 3.47. The summed E-state index contributed by atoms with van der Waals surface area (Å²) in [5.74, 6) is -0.816. The van der Waals surface area contributed by atoms with Crippen molar-refractivity contribution in [1.29, 1.82) is 0 Å². The molecular formula is C10H13NO2. The first-order valence-electron chi connectivity index (χ1n) is 4.08. The van der Waals surface area contributed by atoms with Gasteiger partial charge in [0.25, 0.3) is 0 Å². The Bertz CT molecular complexity index is 322. The molecule has 0 heterocycles. The van der Waals surface area contributed by atoms with Gasteiger partial charge in [-0.15, -0.1) is 0 Å². The average molecular weight is 179 g/mol. The summed E-state index contributed by atoms with van der Waals surface area (Å²) in [5, 5.41) is 8.59. The van der Waals surface area contributed by atoms with Gasteiger partial charge in [0, 0.05) is 5.69 Å². The number of nitrogens with two attached hydrogens (primary N) is 1. The molecule has 0 aliphatic carbocycles. The minimum Gasteiger partial charge on any atom is -0.481 e. The molecule has 0 aliphatic rings. The molecule has 0 saturated carbocycles. The molecule has 0 spiro atoms. The van der Waals surface area contributed by atoms with E-state index in [9.17, 15) is 4.79 Å². The fourth-order valence-corrected chi connectivity index (χ4v) is 1.34. The molecule has 1 rings (SSSR count). The van der Waals surface area contributed by atoms with Crippen molar-refractivity contribution in [1.82, 2.24) is 0 Å². The highest BCUT2D eigenvalue weighted by Gasteiger charge is 2.04. The molecule has 0 amide bonds. The lowest BCUT2D eigenvalue weighted by Gasteiger charge is -2.06. The van der Waals surface area contributed by atoms with Crippen LogP contribution in [0.4, 0.5) is 5.69 Å². The smallest absolute Gasteiger partial charge is 0.307 e. The van der Waals surface area contributed by atoms with Crippen LogP contribution < -0.4 is 5.73 Å². The van der Waals surface area contributed by atoms with Crippen molar-refractivity contribution in [3.63, 3.8) is 0 Å². The van der Waals surface area contributed by atoms with Crippen LogP contribution in [0.15, 0.2) is 12.1 Å². The van der Waals surface area contributed by atoms with Crippen molar-refractivity contribution in [3.05, 3.63) is 28.8 Å². The lowest BCUT2D eigenvalue weighted by molar-refractivity contribution is -0.136. The Hall–Kier alpha value is -1.51. The Morgan fingerprint density at radius 3 is 2.23 bits per heavy atom. The van der Waals surface area contributed by atoms with Gasteiger partial charge in [0.05, 0.1) is 6.42 Å². The number of aryl methyl sites for hydroxylation is 2. The number of carboxylic acid groups (broad SMARTS) is 1. The Labute approximate surface area is 77.2 Å². The summed E-state index contributed by atoms with van der Waals surface area (Å²) in [5.41, 5.74) is 9.16. The summed E-state index contributed by atoms with van der Waals surface area (Å²) in [4.78, 5) is 10.4. The topological polar surface area (TPSA) is 63.3 Å². The van der Waals surface area contributed by atoms with E-state index in [0.29, 0.717) is 0 Å². The fraction of sp³-hybridized carbons (Fsp3) is 0.300. The van der Waals surface area contributed by atoms with E-state index in [1.165, 1.54) is 0 Å². The summed E-state index contributed by atoms with van der Waals surface area (Å²) in [6.07, 6.45) is 0.0575. The largest absolute Gasteiger partial charge is 0.481 e. The molecule has 3 nitrogen and oxygen atoms in total. The maximum Gasteiger partial charge on any atom is 0.307 e. The summed E-state index contributed by atoms with van der Waals surface area (Å²) in [6, 6.07) is 3.63. The van der Waals surface area contributed by atoms with Gasteiger partial charge in [-0.05, 0) is 30.5 Å². The number of hydrogen-bond acceptors (Lipinski definition) is 2. The van der Waals surface area contributed by atoms with Crippen molar-refractivity contribution in [2.45, 2.75) is 20.3 Å². The first-order valence-corrected chi connectivity index (χ1v) is 4.08. The molecule has 0 bridgehead atoms. The van der Waals surface area contributed by atoms with E-state index in [2.05, 4.69) is 0 Å². The van der Waals surface area contributed by atoms with E-state index < -0.39 is 5.97 Å². The van der Waals surface area contributed by atoms with Crippen molar-refractivity contribution in [2.75, 3.05) is 5.73 Å². The number of nitrogen functional groups attached to an aromatic ring is 1. The molecule has 3 N–H and O–H groups in total. The van der Waals surface area contributed by atoms with Crippen LogP contribution in [0.25, 0.3) is 0 Å². The van der Waals surface area contributed by atoms with Crippen LogP contribution in [0.1, 0.15) is 16.7 Å². The number of carbonyl (C=O) groups is 1. The number of benzene rings is 1. The van der Waals surface area contributed by atoms with Gasteiger partial charge in [-0.25, -0.2) is 0 Å². The lowest BCUT2D eigenvalue weighted by atomic mass is 10.0. The van der Waals surface area contributed by atoms with Gasteiger partial charge >= 0.3 is 5.97 Å². The number of rotatable bonds is 2. The van der Waals surface area contributed by atoms with E-state index >= 15 is 0 Å². The molecule has 0 unspecified atom stereocenters. The molecule has 0 aromatic heterocycles. The van der Waals surface area contributed by atoms with E-state index in [1.54, 1.807) is 0 Å². The first kappa shape index (κ1) is 9.58. The van der Waals surface area contributed by atoms with E-state index in [1.807, 2.05) is 26.0 Å². The van der Waals surface area contributed by atoms with Crippen LogP contribution in [0, 0.1) is 13.8 Å². The van der Waals surface area contributed by atoms with Crippen molar-refractivity contribution in [3.8, 4) is 0 Å². The third-order valence-electron chi connectivity index (χ3n) is 2.01. The van der Waals surface area contributed by atoms with Gasteiger partial charge < -0.3 is 10.8 Å². The predicted octanol–water partition coefficient (Wildman–Crippen LogP) is 1.51. The molecule has 0 saturated heterocycles. The van der Waals surface area contributed by atoms with E-state index in [-0.39, 0.29) is 6.42 Å². The number of anilines is 1. The highest BCUT2D eigenvalue weighted by molar-refractivity contribution is 5.71. The van der Waals surface area contributed by atoms with Crippen molar-refractivity contribution in [2.24, 2.45) is 0 Å². The Balaban J connectivity index is 3.06. The van der Waals surface area contributed by atoms with Crippen LogP contribution in [-0.2, 0) is 11.2 Å². The summed E-state index contributed by atoms with van der Waals surface area (Å²) in [6.45, 7) is 3.77. The Morgan fingerprint density at radius 1 is 1.38 bits per heavy atom. The maximum absolute atomic E-state index is 10.4. The molecule has 13 heavy (non-hydrogen) atoms. The standard InChI is InChI=1S/C10H13NO2/c1-6-3-8(5-9(12)13)4-7(2)10(6)11/h3-4H,5,11H2,1-2H3,(H,12,13). The zero-order valence-corrected chi connectivity index (χ0v) is 7.79. The third kappa shape index (κ3) is 2.21. The zero-order chi connectivity index (χ0) is 10.0. The van der Waals surface area contributed by atoms with Crippen LogP contribution in [0.3, 0.4) is 0 Å². The van der Waals surface area contributed by atoms with Gasteiger partial charge in [-0.2, -0.15) is 0 Å². The highest BCUT2D eigenvalue weighted by atomic mass is 16.4. The Morgan fingerprint density at radius 2 is 1.85 bits per heavy atom. The zero-order valence-electron chi connectivity index (χ0n) is 7.79. The van der Waals surface area contributed by atoms with Crippen molar-refractivity contribution < 1.29 is 9.90 Å². The number of aliphatic carboxylic acids is 1. The van der Waals surface area contributed by atoms with Crippen LogP contribution >= 0.6 is 0 Å². The fourth-order valence-electron chi connectivity index (χ4n) is 1.34. The molecule has 0 radical (unpaired) electrons. The van der Waals surface area contributed by atoms with Crippen molar-refractivity contribution >= 4 is 11.7 Å². The lowest BCUT2D eigenvalue weighted by Crippen LogP contribution is -2.02. The van der Waals surface area contributed by atoms with Gasteiger partial charge in [-0.1, -0.05) is 12.1 Å². The van der Waals surface area contributed by atoms with Crippen LogP contribution in [0.5, 0.6) is 0 Å². The molecular weight excluding hydrogens is 166 g/mol. The van der Waals surface area contributed by atoms with E-state index in [4.69, 9.17) is 10.8 Å². The number of carboxylic acids is 1. The van der Waals surface area contributed by atoms with Gasteiger partial charge in [0.15, 0.2) is 0 Å². The SMILES string of the molecule is Cc1cc(CC(=O)O)cc(C)c1N. The monoisotopic (exact) mass is 179 g/mol. The van der Waals surface area contributed by atoms with E-state index in [0.717, 1.165) is 22.4 Å². The molecule has 1 aromatic rings. The quantitative estimate of drug-likeness (QED) is 0.676.